The van der Waals surface area contributed by atoms with Gasteiger partial charge in [-0.25, -0.2) is 0 Å². The minimum Gasteiger partial charge on any atom is -0.389 e. The Morgan fingerprint density at radius 2 is 1.88 bits per heavy atom. The molecule has 1 saturated carbocycles. The van der Waals surface area contributed by atoms with Crippen LogP contribution >= 0.6 is 0 Å². The molecule has 0 saturated heterocycles. The first-order valence-electron chi connectivity index (χ1n) is 2.97. The van der Waals surface area contributed by atoms with Crippen LogP contribution in [0.2, 0.25) is 0 Å². The molecule has 8 heavy (non-hydrogen) atoms. The lowest BCUT2D eigenvalue weighted by molar-refractivity contribution is 0.0417. The van der Waals surface area contributed by atoms with Crippen molar-refractivity contribution >= 4 is 0 Å². The van der Waals surface area contributed by atoms with Gasteiger partial charge in [0.2, 0.25) is 0 Å². The molecule has 0 aromatic carbocycles. The first-order chi connectivity index (χ1) is 3.46. The zero-order valence-electron chi connectivity index (χ0n) is 5.44. The molecule has 0 spiro atoms. The Morgan fingerprint density at radius 1 is 1.50 bits per heavy atom. The van der Waals surface area contributed by atoms with Gasteiger partial charge in [0.25, 0.3) is 0 Å². The van der Waals surface area contributed by atoms with Crippen LogP contribution in [-0.4, -0.2) is 16.2 Å². The summed E-state index contributed by atoms with van der Waals surface area (Å²) in [5.74, 6) is 0. The smallest absolute Gasteiger partial charge is 0.0770 e. The van der Waals surface area contributed by atoms with Crippen molar-refractivity contribution in [2.75, 3.05) is 0 Å². The number of nitrogens with two attached hydrogens (primary N) is 1. The molecule has 1 fully saturated rings. The van der Waals surface area contributed by atoms with Crippen LogP contribution in [0.5, 0.6) is 0 Å². The monoisotopic (exact) mass is 115 g/mol. The molecule has 2 heteroatoms. The van der Waals surface area contributed by atoms with Gasteiger partial charge in [0.15, 0.2) is 0 Å². The third-order valence-corrected chi connectivity index (χ3v) is 2.01. The fraction of sp³-hybridized carbons (Fsp3) is 1.00. The summed E-state index contributed by atoms with van der Waals surface area (Å²) in [6.07, 6.45) is 1.94. The van der Waals surface area contributed by atoms with E-state index in [0.717, 1.165) is 12.8 Å². The van der Waals surface area contributed by atoms with E-state index < -0.39 is 5.60 Å². The van der Waals surface area contributed by atoms with E-state index in [4.69, 9.17) is 5.73 Å². The average Bonchev–Trinajstić information content (AvgIpc) is 2.16. The number of hydrogen-bond donors (Lipinski definition) is 2. The topological polar surface area (TPSA) is 46.2 Å². The van der Waals surface area contributed by atoms with Crippen molar-refractivity contribution in [1.29, 1.82) is 0 Å². The molecular weight excluding hydrogens is 102 g/mol. The summed E-state index contributed by atoms with van der Waals surface area (Å²) >= 11 is 0. The van der Waals surface area contributed by atoms with E-state index in [1.165, 1.54) is 0 Å². The van der Waals surface area contributed by atoms with Gasteiger partial charge in [-0.2, -0.15) is 0 Å². The molecule has 3 N–H and O–H groups in total. The molecule has 0 unspecified atom stereocenters. The molecule has 48 valence electrons. The third-order valence-electron chi connectivity index (χ3n) is 2.01. The van der Waals surface area contributed by atoms with Gasteiger partial charge in [0.05, 0.1) is 5.60 Å². The lowest BCUT2D eigenvalue weighted by atomic mass is 9.98. The predicted molar refractivity (Wildman–Crippen MR) is 32.5 cm³/mol. The second-order valence-electron chi connectivity index (χ2n) is 3.22. The van der Waals surface area contributed by atoms with E-state index in [1.54, 1.807) is 13.8 Å². The summed E-state index contributed by atoms with van der Waals surface area (Å²) in [5.41, 5.74) is 4.74. The highest BCUT2D eigenvalue weighted by Gasteiger charge is 2.50. The quantitative estimate of drug-likeness (QED) is 0.514. The van der Waals surface area contributed by atoms with E-state index in [9.17, 15) is 5.11 Å². The molecule has 0 aromatic rings. The lowest BCUT2D eigenvalue weighted by Gasteiger charge is -2.24. The van der Waals surface area contributed by atoms with E-state index >= 15 is 0 Å². The molecule has 0 heterocycles. The van der Waals surface area contributed by atoms with E-state index in [0.29, 0.717) is 0 Å². The normalized spacial score (nSPS) is 25.5. The van der Waals surface area contributed by atoms with Gasteiger partial charge in [0, 0.05) is 5.54 Å². The van der Waals surface area contributed by atoms with Crippen LogP contribution in [-0.2, 0) is 0 Å². The van der Waals surface area contributed by atoms with Crippen molar-refractivity contribution in [2.45, 2.75) is 37.8 Å². The van der Waals surface area contributed by atoms with Crippen molar-refractivity contribution in [3.8, 4) is 0 Å². The van der Waals surface area contributed by atoms with Crippen LogP contribution in [0.25, 0.3) is 0 Å². The van der Waals surface area contributed by atoms with Gasteiger partial charge in [-0.05, 0) is 26.7 Å². The van der Waals surface area contributed by atoms with E-state index in [2.05, 4.69) is 0 Å². The van der Waals surface area contributed by atoms with Crippen LogP contribution in [0.4, 0.5) is 0 Å². The molecule has 0 bridgehead atoms. The summed E-state index contributed by atoms with van der Waals surface area (Å²) < 4.78 is 0. The highest BCUT2D eigenvalue weighted by Crippen LogP contribution is 2.41. The summed E-state index contributed by atoms with van der Waals surface area (Å²) in [7, 11) is 0. The summed E-state index contributed by atoms with van der Waals surface area (Å²) in [5, 5.41) is 9.29. The first kappa shape index (κ1) is 6.05. The van der Waals surface area contributed by atoms with Gasteiger partial charge in [-0.3, -0.25) is 0 Å². The Labute approximate surface area is 49.7 Å². The molecule has 0 amide bonds. The minimum absolute atomic E-state index is 0.257. The summed E-state index contributed by atoms with van der Waals surface area (Å²) in [4.78, 5) is 0. The van der Waals surface area contributed by atoms with Gasteiger partial charge >= 0.3 is 0 Å². The Morgan fingerprint density at radius 3 is 1.88 bits per heavy atom. The van der Waals surface area contributed by atoms with Crippen LogP contribution < -0.4 is 5.73 Å². The second kappa shape index (κ2) is 1.25. The SMILES string of the molecule is CC(C)(O)C1(N)CC1. The predicted octanol–water partition coefficient (Wildman–Crippen LogP) is 0.249. The average molecular weight is 115 g/mol. The lowest BCUT2D eigenvalue weighted by Crippen LogP contribution is -2.45. The highest BCUT2D eigenvalue weighted by molar-refractivity contribution is 5.09. The van der Waals surface area contributed by atoms with Crippen molar-refractivity contribution < 1.29 is 5.11 Å². The molecule has 1 aliphatic carbocycles. The van der Waals surface area contributed by atoms with Crippen molar-refractivity contribution in [3.05, 3.63) is 0 Å². The third kappa shape index (κ3) is 0.740. The number of rotatable bonds is 1. The largest absolute Gasteiger partial charge is 0.389 e. The van der Waals surface area contributed by atoms with Crippen molar-refractivity contribution in [3.63, 3.8) is 0 Å². The first-order valence-corrected chi connectivity index (χ1v) is 2.97. The Balaban J connectivity index is 2.58. The summed E-state index contributed by atoms with van der Waals surface area (Å²) in [6.45, 7) is 3.53. The number of aliphatic hydroxyl groups is 1. The fourth-order valence-corrected chi connectivity index (χ4v) is 0.746. The maximum atomic E-state index is 9.29. The van der Waals surface area contributed by atoms with E-state index in [-0.39, 0.29) is 5.54 Å². The van der Waals surface area contributed by atoms with Crippen molar-refractivity contribution in [2.24, 2.45) is 5.73 Å². The zero-order chi connectivity index (χ0) is 6.41. The van der Waals surface area contributed by atoms with Gasteiger partial charge in [-0.15, -0.1) is 0 Å². The summed E-state index contributed by atoms with van der Waals surface area (Å²) in [6, 6.07) is 0. The molecule has 0 aromatic heterocycles. The molecule has 1 rings (SSSR count). The maximum absolute atomic E-state index is 9.29. The van der Waals surface area contributed by atoms with Crippen LogP contribution in [0.1, 0.15) is 26.7 Å². The second-order valence-corrected chi connectivity index (χ2v) is 3.22. The zero-order valence-corrected chi connectivity index (χ0v) is 5.44. The Kier molecular flexibility index (Phi) is 0.946. The Hall–Kier alpha value is -0.0800. The Bertz CT molecular complexity index is 96.3. The van der Waals surface area contributed by atoms with Crippen LogP contribution in [0.3, 0.4) is 0 Å². The fourth-order valence-electron chi connectivity index (χ4n) is 0.746. The maximum Gasteiger partial charge on any atom is 0.0770 e. The number of hydrogen-bond acceptors (Lipinski definition) is 2. The molecule has 0 aliphatic heterocycles. The minimum atomic E-state index is -0.674. The standard InChI is InChI=1S/C6H13NO/c1-5(2,8)6(7)3-4-6/h8H,3-4,7H2,1-2H3. The van der Waals surface area contributed by atoms with Gasteiger partial charge < -0.3 is 10.8 Å². The molecule has 0 atom stereocenters. The molecule has 2 nitrogen and oxygen atoms in total. The molecular formula is C6H13NO. The van der Waals surface area contributed by atoms with E-state index in [1.807, 2.05) is 0 Å². The van der Waals surface area contributed by atoms with Gasteiger partial charge in [0.1, 0.15) is 0 Å². The molecule has 0 radical (unpaired) electrons. The molecule has 1 aliphatic rings. The van der Waals surface area contributed by atoms with Crippen molar-refractivity contribution in [1.82, 2.24) is 0 Å². The highest BCUT2D eigenvalue weighted by atomic mass is 16.3. The van der Waals surface area contributed by atoms with Crippen LogP contribution in [0.15, 0.2) is 0 Å². The van der Waals surface area contributed by atoms with Gasteiger partial charge in [-0.1, -0.05) is 0 Å². The van der Waals surface area contributed by atoms with Crippen LogP contribution in [0, 0.1) is 0 Å².